The number of nitrogens with zero attached hydrogens (tertiary/aromatic N) is 2. The smallest absolute Gasteiger partial charge is 0.269 e. The maximum Gasteiger partial charge on any atom is 0.269 e. The number of hydrogen-bond acceptors (Lipinski definition) is 4. The summed E-state index contributed by atoms with van der Waals surface area (Å²) >= 11 is 0. The van der Waals surface area contributed by atoms with E-state index < -0.39 is 0 Å². The number of nitro benzene ring substituents is 1. The number of benzene rings is 1. The van der Waals surface area contributed by atoms with Crippen molar-refractivity contribution in [2.24, 2.45) is 0 Å². The third-order valence-electron chi connectivity index (χ3n) is 3.31. The van der Waals surface area contributed by atoms with Crippen molar-refractivity contribution in [2.75, 3.05) is 25.5 Å². The highest BCUT2D eigenvalue weighted by atomic mass is 16.6. The van der Waals surface area contributed by atoms with Gasteiger partial charge in [0.15, 0.2) is 0 Å². The molecule has 0 amide bonds. The fourth-order valence-corrected chi connectivity index (χ4v) is 1.77. The van der Waals surface area contributed by atoms with Crippen LogP contribution in [0, 0.1) is 17.0 Å². The number of anilines is 1. The van der Waals surface area contributed by atoms with Crippen molar-refractivity contribution in [3.05, 3.63) is 33.9 Å². The van der Waals surface area contributed by atoms with Crippen LogP contribution in [0.1, 0.15) is 25.8 Å². The minimum absolute atomic E-state index is 0.141. The van der Waals surface area contributed by atoms with E-state index in [1.54, 1.807) is 12.1 Å². The van der Waals surface area contributed by atoms with Crippen LogP contribution in [0.5, 0.6) is 0 Å². The highest BCUT2D eigenvalue weighted by Crippen LogP contribution is 2.20. The van der Waals surface area contributed by atoms with Crippen molar-refractivity contribution < 1.29 is 4.92 Å². The Balaban J connectivity index is 2.44. The molecule has 0 spiro atoms. The van der Waals surface area contributed by atoms with E-state index in [0.717, 1.165) is 30.8 Å². The van der Waals surface area contributed by atoms with Crippen LogP contribution >= 0.6 is 0 Å². The Labute approximate surface area is 114 Å². The Morgan fingerprint density at radius 3 is 2.63 bits per heavy atom. The SMILES string of the molecule is Cc1cc([N+](=O)[O-])ccc1NCCCN(C)C(C)C. The van der Waals surface area contributed by atoms with Crippen LogP contribution in [0.4, 0.5) is 11.4 Å². The molecule has 1 N–H and O–H groups in total. The van der Waals surface area contributed by atoms with Gasteiger partial charge in [-0.25, -0.2) is 0 Å². The molecule has 19 heavy (non-hydrogen) atoms. The van der Waals surface area contributed by atoms with E-state index in [-0.39, 0.29) is 10.6 Å². The van der Waals surface area contributed by atoms with E-state index in [2.05, 4.69) is 31.1 Å². The van der Waals surface area contributed by atoms with E-state index >= 15 is 0 Å². The lowest BCUT2D eigenvalue weighted by Crippen LogP contribution is -2.28. The molecule has 5 nitrogen and oxygen atoms in total. The van der Waals surface area contributed by atoms with Gasteiger partial charge in [0.1, 0.15) is 0 Å². The molecule has 1 rings (SSSR count). The van der Waals surface area contributed by atoms with Crippen molar-refractivity contribution in [2.45, 2.75) is 33.2 Å². The summed E-state index contributed by atoms with van der Waals surface area (Å²) in [5.41, 5.74) is 2.02. The van der Waals surface area contributed by atoms with Crippen LogP contribution in [0.3, 0.4) is 0 Å². The molecule has 0 aromatic heterocycles. The molecular weight excluding hydrogens is 242 g/mol. The van der Waals surface area contributed by atoms with Gasteiger partial charge in [-0.15, -0.1) is 0 Å². The van der Waals surface area contributed by atoms with Crippen LogP contribution < -0.4 is 5.32 Å². The molecule has 1 aromatic carbocycles. The average Bonchev–Trinajstić information content (AvgIpc) is 2.35. The zero-order valence-corrected chi connectivity index (χ0v) is 12.1. The summed E-state index contributed by atoms with van der Waals surface area (Å²) in [5.74, 6) is 0. The number of nitro groups is 1. The van der Waals surface area contributed by atoms with Crippen LogP contribution in [0.15, 0.2) is 18.2 Å². The lowest BCUT2D eigenvalue weighted by Gasteiger charge is -2.21. The monoisotopic (exact) mass is 265 g/mol. The molecule has 0 unspecified atom stereocenters. The maximum absolute atomic E-state index is 10.6. The highest BCUT2D eigenvalue weighted by Gasteiger charge is 2.07. The van der Waals surface area contributed by atoms with E-state index in [9.17, 15) is 10.1 Å². The van der Waals surface area contributed by atoms with Crippen molar-refractivity contribution in [3.8, 4) is 0 Å². The van der Waals surface area contributed by atoms with Crippen molar-refractivity contribution in [1.29, 1.82) is 0 Å². The second-order valence-corrected chi connectivity index (χ2v) is 5.11. The maximum atomic E-state index is 10.6. The number of aryl methyl sites for hydroxylation is 1. The Hall–Kier alpha value is -1.62. The molecule has 0 saturated carbocycles. The topological polar surface area (TPSA) is 58.4 Å². The molecule has 0 saturated heterocycles. The van der Waals surface area contributed by atoms with Crippen LogP contribution in [0.2, 0.25) is 0 Å². The molecule has 0 heterocycles. The summed E-state index contributed by atoms with van der Waals surface area (Å²) in [5, 5.41) is 14.0. The second-order valence-electron chi connectivity index (χ2n) is 5.11. The van der Waals surface area contributed by atoms with Crippen LogP contribution in [0.25, 0.3) is 0 Å². The third kappa shape index (κ3) is 4.87. The minimum Gasteiger partial charge on any atom is -0.385 e. The molecule has 0 bridgehead atoms. The van der Waals surface area contributed by atoms with Crippen molar-refractivity contribution >= 4 is 11.4 Å². The molecule has 0 radical (unpaired) electrons. The molecule has 5 heteroatoms. The highest BCUT2D eigenvalue weighted by molar-refractivity contribution is 5.55. The van der Waals surface area contributed by atoms with Gasteiger partial charge in [0.05, 0.1) is 4.92 Å². The van der Waals surface area contributed by atoms with Gasteiger partial charge >= 0.3 is 0 Å². The number of hydrogen-bond donors (Lipinski definition) is 1. The zero-order chi connectivity index (χ0) is 14.4. The number of nitrogens with one attached hydrogen (secondary N) is 1. The largest absolute Gasteiger partial charge is 0.385 e. The first-order valence-corrected chi connectivity index (χ1v) is 6.61. The predicted molar refractivity (Wildman–Crippen MR) is 78.7 cm³/mol. The van der Waals surface area contributed by atoms with Gasteiger partial charge in [-0.1, -0.05) is 0 Å². The molecule has 0 aliphatic heterocycles. The van der Waals surface area contributed by atoms with Crippen molar-refractivity contribution in [3.63, 3.8) is 0 Å². The van der Waals surface area contributed by atoms with Crippen LogP contribution in [-0.4, -0.2) is 36.0 Å². The molecule has 1 aromatic rings. The number of non-ortho nitro benzene ring substituents is 1. The van der Waals surface area contributed by atoms with E-state index in [1.165, 1.54) is 6.07 Å². The standard InChI is InChI=1S/C14H23N3O2/c1-11(2)16(4)9-5-8-15-14-7-6-13(17(18)19)10-12(14)3/h6-7,10-11,15H,5,8-9H2,1-4H3. The third-order valence-corrected chi connectivity index (χ3v) is 3.31. The fourth-order valence-electron chi connectivity index (χ4n) is 1.77. The van der Waals surface area contributed by atoms with E-state index in [4.69, 9.17) is 0 Å². The average molecular weight is 265 g/mol. The lowest BCUT2D eigenvalue weighted by atomic mass is 10.1. The number of rotatable bonds is 7. The molecule has 0 aliphatic carbocycles. The molecule has 106 valence electrons. The summed E-state index contributed by atoms with van der Waals surface area (Å²) in [7, 11) is 2.11. The van der Waals surface area contributed by atoms with Crippen LogP contribution in [-0.2, 0) is 0 Å². The normalized spacial score (nSPS) is 11.1. The Morgan fingerprint density at radius 2 is 2.11 bits per heavy atom. The molecule has 0 atom stereocenters. The summed E-state index contributed by atoms with van der Waals surface area (Å²) in [6.45, 7) is 8.14. The van der Waals surface area contributed by atoms with Gasteiger partial charge in [0.2, 0.25) is 0 Å². The van der Waals surface area contributed by atoms with E-state index in [1.807, 2.05) is 6.92 Å². The van der Waals surface area contributed by atoms with Gasteiger partial charge in [0.25, 0.3) is 5.69 Å². The first-order valence-electron chi connectivity index (χ1n) is 6.61. The van der Waals surface area contributed by atoms with Gasteiger partial charge in [-0.3, -0.25) is 10.1 Å². The van der Waals surface area contributed by atoms with Crippen molar-refractivity contribution in [1.82, 2.24) is 4.90 Å². The molecule has 0 fully saturated rings. The van der Waals surface area contributed by atoms with E-state index in [0.29, 0.717) is 6.04 Å². The lowest BCUT2D eigenvalue weighted by molar-refractivity contribution is -0.384. The second kappa shape index (κ2) is 7.09. The fraction of sp³-hybridized carbons (Fsp3) is 0.571. The summed E-state index contributed by atoms with van der Waals surface area (Å²) < 4.78 is 0. The Kier molecular flexibility index (Phi) is 5.76. The van der Waals surface area contributed by atoms with Gasteiger partial charge in [0, 0.05) is 30.4 Å². The first kappa shape index (κ1) is 15.4. The minimum atomic E-state index is -0.367. The zero-order valence-electron chi connectivity index (χ0n) is 12.1. The summed E-state index contributed by atoms with van der Waals surface area (Å²) in [6.07, 6.45) is 1.05. The van der Waals surface area contributed by atoms with Gasteiger partial charge in [-0.05, 0) is 52.4 Å². The van der Waals surface area contributed by atoms with Gasteiger partial charge < -0.3 is 10.2 Å². The predicted octanol–water partition coefficient (Wildman–Crippen LogP) is 3.05. The summed E-state index contributed by atoms with van der Waals surface area (Å²) in [4.78, 5) is 12.6. The first-order chi connectivity index (χ1) is 8.91. The summed E-state index contributed by atoms with van der Waals surface area (Å²) in [6, 6.07) is 5.47. The Bertz CT molecular complexity index is 433. The molecular formula is C14H23N3O2. The van der Waals surface area contributed by atoms with Gasteiger partial charge in [-0.2, -0.15) is 0 Å². The Morgan fingerprint density at radius 1 is 1.42 bits per heavy atom. The quantitative estimate of drug-likeness (QED) is 0.467. The molecule has 0 aliphatic rings.